The van der Waals surface area contributed by atoms with Gasteiger partial charge >= 0.3 is 12.1 Å². The molecule has 0 aliphatic rings. The molecule has 14 heteroatoms. The summed E-state index contributed by atoms with van der Waals surface area (Å²) in [6, 6.07) is 13.4. The summed E-state index contributed by atoms with van der Waals surface area (Å²) >= 11 is 0. The number of carbonyl (C=O) groups excluding carboxylic acids is 2. The second kappa shape index (κ2) is 18.2. The summed E-state index contributed by atoms with van der Waals surface area (Å²) in [5.74, 6) is -0.329. The van der Waals surface area contributed by atoms with Crippen LogP contribution in [0.3, 0.4) is 0 Å². The number of non-ortho nitro benzene ring substituents is 1. The van der Waals surface area contributed by atoms with Crippen molar-refractivity contribution in [3.8, 4) is 0 Å². The fourth-order valence-electron chi connectivity index (χ4n) is 3.72. The number of nitro benzene ring substituents is 1. The molecule has 0 unspecified atom stereocenters. The molecule has 0 aliphatic heterocycles. The number of unbranched alkanes of at least 4 members (excludes halogenated alkanes) is 2. The van der Waals surface area contributed by atoms with Gasteiger partial charge in [0.1, 0.15) is 6.61 Å². The standard InChI is InChI=1S/C26H36N4O8S.ClH/c1-37-25(31)12-6-3-7-18-29(39(35,36)24-15-13-23(14-16-24)30(33)34)19-22(27)11-8-17-28-26(32)38-20-21-9-4-2-5-10-21;/h2,4-5,9-10,13-16,22H,3,6-8,11-12,17-20,27H2,1H3,(H,28,32);1H/t22-;/m0./s1. The van der Waals surface area contributed by atoms with Crippen LogP contribution < -0.4 is 11.1 Å². The Morgan fingerprint density at radius 1 is 1.05 bits per heavy atom. The van der Waals surface area contributed by atoms with Gasteiger partial charge in [0.05, 0.1) is 16.9 Å². The molecule has 40 heavy (non-hydrogen) atoms. The Morgan fingerprint density at radius 2 is 1.73 bits per heavy atom. The minimum atomic E-state index is -3.98. The number of nitro groups is 1. The predicted octanol–water partition coefficient (Wildman–Crippen LogP) is 3.77. The molecule has 12 nitrogen and oxygen atoms in total. The molecule has 0 aliphatic carbocycles. The third-order valence-corrected chi connectivity index (χ3v) is 7.75. The van der Waals surface area contributed by atoms with E-state index in [1.807, 2.05) is 30.3 Å². The number of hydrogen-bond acceptors (Lipinski definition) is 9. The zero-order valence-electron chi connectivity index (χ0n) is 22.4. The maximum Gasteiger partial charge on any atom is 0.407 e. The lowest BCUT2D eigenvalue weighted by Crippen LogP contribution is -2.42. The molecule has 0 heterocycles. The number of hydrogen-bond donors (Lipinski definition) is 2. The van der Waals surface area contributed by atoms with E-state index in [1.165, 1.54) is 23.5 Å². The van der Waals surface area contributed by atoms with Crippen molar-refractivity contribution < 1.29 is 32.4 Å². The second-order valence-electron chi connectivity index (χ2n) is 8.89. The maximum absolute atomic E-state index is 13.3. The highest BCUT2D eigenvalue weighted by molar-refractivity contribution is 7.89. The van der Waals surface area contributed by atoms with Crippen LogP contribution in [0, 0.1) is 10.1 Å². The average Bonchev–Trinajstić information content (AvgIpc) is 2.93. The van der Waals surface area contributed by atoms with Gasteiger partial charge in [-0.25, -0.2) is 13.2 Å². The minimum absolute atomic E-state index is 0. The van der Waals surface area contributed by atoms with Crippen LogP contribution in [-0.2, 0) is 30.9 Å². The van der Waals surface area contributed by atoms with Crippen molar-refractivity contribution in [2.75, 3.05) is 26.7 Å². The molecule has 0 spiro atoms. The summed E-state index contributed by atoms with van der Waals surface area (Å²) in [4.78, 5) is 33.5. The average molecular weight is 601 g/mol. The van der Waals surface area contributed by atoms with Crippen molar-refractivity contribution >= 4 is 40.2 Å². The van der Waals surface area contributed by atoms with Gasteiger partial charge in [0.25, 0.3) is 5.69 Å². The molecule has 0 saturated heterocycles. The predicted molar refractivity (Wildman–Crippen MR) is 151 cm³/mol. The number of carbonyl (C=O) groups is 2. The zero-order chi connectivity index (χ0) is 28.7. The van der Waals surface area contributed by atoms with Gasteiger partial charge in [-0.3, -0.25) is 14.9 Å². The topological polar surface area (TPSA) is 171 Å². The highest BCUT2D eigenvalue weighted by Gasteiger charge is 2.26. The molecule has 3 N–H and O–H groups in total. The highest BCUT2D eigenvalue weighted by atomic mass is 35.5. The van der Waals surface area contributed by atoms with E-state index >= 15 is 0 Å². The monoisotopic (exact) mass is 600 g/mol. The molecule has 0 aromatic heterocycles. The van der Waals surface area contributed by atoms with Crippen LogP contribution in [0.5, 0.6) is 0 Å². The van der Waals surface area contributed by atoms with E-state index in [4.69, 9.17) is 10.5 Å². The van der Waals surface area contributed by atoms with Crippen molar-refractivity contribution in [1.29, 1.82) is 0 Å². The van der Waals surface area contributed by atoms with Gasteiger partial charge in [0, 0.05) is 44.2 Å². The van der Waals surface area contributed by atoms with Crippen molar-refractivity contribution in [2.45, 2.75) is 56.1 Å². The number of rotatable bonds is 17. The van der Waals surface area contributed by atoms with E-state index in [2.05, 4.69) is 10.1 Å². The summed E-state index contributed by atoms with van der Waals surface area (Å²) in [7, 11) is -2.66. The van der Waals surface area contributed by atoms with E-state index in [0.29, 0.717) is 38.6 Å². The smallest absolute Gasteiger partial charge is 0.407 e. The molecular formula is C26H37ClN4O8S. The van der Waals surface area contributed by atoms with E-state index in [-0.39, 0.29) is 55.1 Å². The highest BCUT2D eigenvalue weighted by Crippen LogP contribution is 2.21. The third kappa shape index (κ3) is 12.3. The third-order valence-electron chi connectivity index (χ3n) is 5.87. The number of nitrogens with two attached hydrogens (primary N) is 1. The molecule has 222 valence electrons. The van der Waals surface area contributed by atoms with E-state index in [1.54, 1.807) is 0 Å². The molecule has 2 aromatic carbocycles. The quantitative estimate of drug-likeness (QED) is 0.119. The van der Waals surface area contributed by atoms with E-state index in [0.717, 1.165) is 17.7 Å². The van der Waals surface area contributed by atoms with Crippen LogP contribution in [0.25, 0.3) is 0 Å². The number of methoxy groups -OCH3 is 1. The molecule has 0 fully saturated rings. The fourth-order valence-corrected chi connectivity index (χ4v) is 5.25. The maximum atomic E-state index is 13.3. The Kier molecular flexibility index (Phi) is 15.8. The van der Waals surface area contributed by atoms with Crippen LogP contribution in [-0.4, -0.2) is 62.5 Å². The second-order valence-corrected chi connectivity index (χ2v) is 10.8. The Hall–Kier alpha value is -3.26. The zero-order valence-corrected chi connectivity index (χ0v) is 24.0. The number of alkyl carbamates (subject to hydrolysis) is 1. The van der Waals surface area contributed by atoms with Crippen molar-refractivity contribution in [3.63, 3.8) is 0 Å². The number of halogens is 1. The summed E-state index contributed by atoms with van der Waals surface area (Å²) in [5.41, 5.74) is 6.91. The van der Waals surface area contributed by atoms with Gasteiger partial charge in [0.15, 0.2) is 0 Å². The van der Waals surface area contributed by atoms with Crippen molar-refractivity contribution in [2.24, 2.45) is 5.73 Å². The Morgan fingerprint density at radius 3 is 2.35 bits per heavy atom. The summed E-state index contributed by atoms with van der Waals surface area (Å²) in [6.45, 7) is 0.651. The van der Waals surface area contributed by atoms with Gasteiger partial charge in [-0.15, -0.1) is 12.4 Å². The Labute approximate surface area is 240 Å². The molecule has 0 saturated carbocycles. The largest absolute Gasteiger partial charge is 0.469 e. The van der Waals surface area contributed by atoms with Gasteiger partial charge in [0.2, 0.25) is 10.0 Å². The van der Waals surface area contributed by atoms with Crippen LogP contribution in [0.15, 0.2) is 59.5 Å². The van der Waals surface area contributed by atoms with E-state index in [9.17, 15) is 28.1 Å². The summed E-state index contributed by atoms with van der Waals surface area (Å²) < 4.78 is 37.7. The SMILES string of the molecule is COC(=O)CCCCCN(C[C@@H](N)CCCNC(=O)OCc1ccccc1)S(=O)(=O)c1ccc([N+](=O)[O-])cc1.Cl. The minimum Gasteiger partial charge on any atom is -0.469 e. The van der Waals surface area contributed by atoms with Gasteiger partial charge in [-0.1, -0.05) is 36.8 Å². The first kappa shape index (κ1) is 34.8. The number of nitrogens with zero attached hydrogens (tertiary/aromatic N) is 2. The summed E-state index contributed by atoms with van der Waals surface area (Å²) in [6.07, 6.45) is 2.28. The number of amides is 1. The first-order chi connectivity index (χ1) is 18.6. The Bertz CT molecular complexity index is 1170. The normalized spacial score (nSPS) is 11.8. The van der Waals surface area contributed by atoms with Crippen LogP contribution in [0.2, 0.25) is 0 Å². The molecule has 0 bridgehead atoms. The number of esters is 1. The number of nitrogens with one attached hydrogen (secondary N) is 1. The van der Waals surface area contributed by atoms with Crippen molar-refractivity contribution in [3.05, 3.63) is 70.3 Å². The van der Waals surface area contributed by atoms with Crippen molar-refractivity contribution in [1.82, 2.24) is 9.62 Å². The number of ether oxygens (including phenoxy) is 2. The van der Waals surface area contributed by atoms with Gasteiger partial charge in [-0.05, 0) is 43.4 Å². The molecule has 0 radical (unpaired) electrons. The number of sulfonamides is 1. The molecular weight excluding hydrogens is 564 g/mol. The molecule has 2 aromatic rings. The molecule has 2 rings (SSSR count). The molecule has 1 amide bonds. The van der Waals surface area contributed by atoms with Crippen LogP contribution >= 0.6 is 12.4 Å². The lowest BCUT2D eigenvalue weighted by atomic mass is 10.1. The summed E-state index contributed by atoms with van der Waals surface area (Å²) in [5, 5.41) is 13.6. The van der Waals surface area contributed by atoms with Crippen LogP contribution in [0.1, 0.15) is 44.1 Å². The Balaban J connectivity index is 0.00000800. The number of benzene rings is 2. The van der Waals surface area contributed by atoms with Gasteiger partial charge < -0.3 is 20.5 Å². The fraction of sp³-hybridized carbons (Fsp3) is 0.462. The molecule has 1 atom stereocenters. The lowest BCUT2D eigenvalue weighted by molar-refractivity contribution is -0.384. The van der Waals surface area contributed by atoms with Crippen LogP contribution in [0.4, 0.5) is 10.5 Å². The van der Waals surface area contributed by atoms with Gasteiger partial charge in [-0.2, -0.15) is 4.31 Å². The first-order valence-corrected chi connectivity index (χ1v) is 14.1. The lowest BCUT2D eigenvalue weighted by Gasteiger charge is -2.25. The first-order valence-electron chi connectivity index (χ1n) is 12.6. The van der Waals surface area contributed by atoms with E-state index < -0.39 is 27.1 Å².